The predicted octanol–water partition coefficient (Wildman–Crippen LogP) is 13.1. The molecule has 1 aliphatic rings. The van der Waals surface area contributed by atoms with Gasteiger partial charge in [0.1, 0.15) is 5.06 Å². The Bertz CT molecular complexity index is 2530. The van der Waals surface area contributed by atoms with Crippen molar-refractivity contribution in [1.82, 2.24) is 4.98 Å². The summed E-state index contributed by atoms with van der Waals surface area (Å²) in [4.78, 5) is 9.09. The van der Waals surface area contributed by atoms with Gasteiger partial charge in [-0.1, -0.05) is 110 Å². The fraction of sp³-hybridized carbons (Fsp3) is 0.0870. The molecule has 0 N–H and O–H groups in total. The summed E-state index contributed by atoms with van der Waals surface area (Å²) in [6, 6.07) is 49.5. The van der Waals surface area contributed by atoms with Crippen LogP contribution in [0.25, 0.3) is 53.7 Å². The summed E-state index contributed by atoms with van der Waals surface area (Å²) in [6.07, 6.45) is 6.08. The minimum absolute atomic E-state index is 0. The van der Waals surface area contributed by atoms with Gasteiger partial charge in [-0.3, -0.25) is 4.98 Å². The van der Waals surface area contributed by atoms with Gasteiger partial charge in [0.25, 0.3) is 0 Å². The number of anilines is 2. The van der Waals surface area contributed by atoms with Crippen molar-refractivity contribution in [3.63, 3.8) is 0 Å². The first-order valence-corrected chi connectivity index (χ1v) is 19.0. The smallest absolute Gasteiger partial charge is 0.108 e. The number of ether oxygens (including phenoxy) is 1. The Morgan fingerprint density at radius 2 is 1.40 bits per heavy atom. The number of thiophene rings is 2. The minimum Gasteiger partial charge on any atom is -0.500 e. The van der Waals surface area contributed by atoms with E-state index in [0.29, 0.717) is 10.8 Å². The molecule has 0 radical (unpaired) electrons. The van der Waals surface area contributed by atoms with Crippen molar-refractivity contribution in [2.75, 3.05) is 9.80 Å². The number of fused-ring (bicyclic) bond motifs is 3. The quantitative estimate of drug-likeness (QED) is 0.149. The molecule has 0 atom stereocenters. The molecular weight excluding hydrogens is 870 g/mol. The molecule has 0 bridgehead atoms. The number of hydrogen-bond acceptors (Lipinski definition) is 6. The normalized spacial score (nSPS) is 12.8. The summed E-state index contributed by atoms with van der Waals surface area (Å²) in [6.45, 7) is 8.80. The average Bonchev–Trinajstić information content (AvgIpc) is 3.95. The second-order valence-electron chi connectivity index (χ2n) is 13.8. The van der Waals surface area contributed by atoms with E-state index in [1.807, 2.05) is 24.4 Å². The fourth-order valence-corrected chi connectivity index (χ4v) is 8.75. The van der Waals surface area contributed by atoms with Gasteiger partial charge in [0, 0.05) is 55.5 Å². The first-order valence-electron chi connectivity index (χ1n) is 17.3. The topological polar surface area (TPSA) is 28.6 Å². The van der Waals surface area contributed by atoms with Crippen LogP contribution in [0, 0.1) is 18.8 Å². The van der Waals surface area contributed by atoms with Gasteiger partial charge >= 0.3 is 0 Å². The number of benzene rings is 5. The Morgan fingerprint density at radius 1 is 0.698 bits per heavy atom. The van der Waals surface area contributed by atoms with Gasteiger partial charge in [-0.15, -0.1) is 42.7 Å². The van der Waals surface area contributed by atoms with Gasteiger partial charge in [0.05, 0.1) is 0 Å². The molecule has 0 saturated carbocycles. The molecule has 0 spiro atoms. The first kappa shape index (κ1) is 35.1. The van der Waals surface area contributed by atoms with Crippen LogP contribution in [0.15, 0.2) is 145 Å². The summed E-state index contributed by atoms with van der Waals surface area (Å²) in [7, 11) is 0. The average molecular weight is 904 g/mol. The van der Waals surface area contributed by atoms with E-state index in [1.54, 1.807) is 22.7 Å². The molecule has 0 saturated heterocycles. The van der Waals surface area contributed by atoms with E-state index in [1.165, 1.54) is 15.6 Å². The number of aromatic nitrogens is 1. The maximum atomic E-state index is 6.54. The van der Waals surface area contributed by atoms with E-state index < -0.39 is 0 Å². The maximum absolute atomic E-state index is 6.54. The Hall–Kier alpha value is -5.00. The van der Waals surface area contributed by atoms with Gasteiger partial charge in [0.15, 0.2) is 0 Å². The molecular formula is C46H34N3OPtS2-3. The summed E-state index contributed by atoms with van der Waals surface area (Å²) < 4.78 is 8.94. The van der Waals surface area contributed by atoms with Gasteiger partial charge in [-0.2, -0.15) is 34.1 Å². The molecule has 8 aromatic rings. The summed E-state index contributed by atoms with van der Waals surface area (Å²) in [5, 5.41) is 5.08. The summed E-state index contributed by atoms with van der Waals surface area (Å²) in [5.41, 5.74) is 9.92. The molecule has 5 aromatic carbocycles. The van der Waals surface area contributed by atoms with Crippen molar-refractivity contribution < 1.29 is 25.8 Å². The molecule has 264 valence electrons. The third kappa shape index (κ3) is 6.83. The van der Waals surface area contributed by atoms with Crippen LogP contribution >= 0.6 is 22.7 Å². The van der Waals surface area contributed by atoms with Crippen LogP contribution in [0.5, 0.6) is 10.8 Å². The molecule has 1 aliphatic heterocycles. The monoisotopic (exact) mass is 903 g/mol. The zero-order valence-electron chi connectivity index (χ0n) is 29.3. The number of pyridine rings is 1. The maximum Gasteiger partial charge on any atom is 0.108 e. The van der Waals surface area contributed by atoms with Crippen LogP contribution in [0.3, 0.4) is 0 Å². The van der Waals surface area contributed by atoms with Crippen LogP contribution < -0.4 is 14.5 Å². The fourth-order valence-electron chi connectivity index (χ4n) is 6.71. The minimum atomic E-state index is 0. The zero-order valence-corrected chi connectivity index (χ0v) is 33.2. The summed E-state index contributed by atoms with van der Waals surface area (Å²) >= 11 is 3.37. The first-order chi connectivity index (χ1) is 25.4. The number of para-hydroxylation sites is 1. The molecule has 4 nitrogen and oxygen atoms in total. The molecule has 53 heavy (non-hydrogen) atoms. The molecule has 7 heteroatoms. The third-order valence-corrected chi connectivity index (χ3v) is 11.4. The van der Waals surface area contributed by atoms with Crippen molar-refractivity contribution in [2.24, 2.45) is 0 Å². The third-order valence-electron chi connectivity index (χ3n) is 9.36. The predicted molar refractivity (Wildman–Crippen MR) is 219 cm³/mol. The van der Waals surface area contributed by atoms with Crippen molar-refractivity contribution in [3.05, 3.63) is 170 Å². The number of rotatable bonds is 7. The Kier molecular flexibility index (Phi) is 9.55. The standard InChI is InChI=1S/C46H34N3OS2.Pt/c1-46(2,3)34-20-22-47-41(27-34)39-26-33-21-25-51-44(33)45-40(39)29-42(52-45)50-36-17-10-16-35(28-36)48-23-24-49(30-48)43-37(31-12-6-4-7-13-31)18-11-19-38(43)32-14-8-5-9-15-32;/h4-27,30H,1-3H3;/q-3;. The Balaban J connectivity index is 0.00000400. The number of hydrogen-bond donors (Lipinski definition) is 0. The van der Waals surface area contributed by atoms with E-state index >= 15 is 0 Å². The summed E-state index contributed by atoms with van der Waals surface area (Å²) in [5.74, 6) is 0.632. The van der Waals surface area contributed by atoms with Crippen molar-refractivity contribution in [1.29, 1.82) is 0 Å². The van der Waals surface area contributed by atoms with Crippen LogP contribution in [0.2, 0.25) is 0 Å². The molecule has 4 heterocycles. The largest absolute Gasteiger partial charge is 0.500 e. The number of nitrogens with zero attached hydrogens (tertiary/aromatic N) is 3. The van der Waals surface area contributed by atoms with Crippen molar-refractivity contribution in [2.45, 2.75) is 26.2 Å². The van der Waals surface area contributed by atoms with Crippen molar-refractivity contribution in [3.8, 4) is 44.3 Å². The van der Waals surface area contributed by atoms with Gasteiger partial charge in [-0.05, 0) is 68.2 Å². The van der Waals surface area contributed by atoms with E-state index in [9.17, 15) is 0 Å². The molecule has 0 amide bonds. The SMILES string of the molecule is CC(C)(C)c1ccnc(-c2cc3ccsc3c3sc(Oc4[c-]c(N5C=CN(c6c(-c7ccccc7)cccc6-c6ccccc6)[CH-]5)ccc4)[c-]c23)c1.[Pt]. The van der Waals surface area contributed by atoms with Crippen LogP contribution in [-0.2, 0) is 26.5 Å². The van der Waals surface area contributed by atoms with Gasteiger partial charge in [0.2, 0.25) is 0 Å². The Labute approximate surface area is 332 Å². The molecule has 0 aliphatic carbocycles. The zero-order chi connectivity index (χ0) is 35.2. The molecule has 9 rings (SSSR count). The van der Waals surface area contributed by atoms with Gasteiger partial charge in [-0.25, -0.2) is 0 Å². The van der Waals surface area contributed by atoms with E-state index in [4.69, 9.17) is 9.72 Å². The van der Waals surface area contributed by atoms with E-state index in [0.717, 1.165) is 55.0 Å². The second kappa shape index (κ2) is 14.4. The molecule has 3 aromatic heterocycles. The molecule has 0 unspecified atom stereocenters. The second-order valence-corrected chi connectivity index (χ2v) is 15.7. The van der Waals surface area contributed by atoms with E-state index in [2.05, 4.69) is 170 Å². The Morgan fingerprint density at radius 3 is 2.11 bits per heavy atom. The van der Waals surface area contributed by atoms with Crippen LogP contribution in [0.4, 0.5) is 11.4 Å². The molecule has 0 fully saturated rings. The van der Waals surface area contributed by atoms with Crippen LogP contribution in [0.1, 0.15) is 26.3 Å². The van der Waals surface area contributed by atoms with Crippen LogP contribution in [-0.4, -0.2) is 4.98 Å². The van der Waals surface area contributed by atoms with Crippen molar-refractivity contribution >= 4 is 54.2 Å². The van der Waals surface area contributed by atoms with Gasteiger partial charge < -0.3 is 14.5 Å². The van der Waals surface area contributed by atoms with E-state index in [-0.39, 0.29) is 26.5 Å².